The van der Waals surface area contributed by atoms with Gasteiger partial charge >= 0.3 is 5.97 Å². The molecule has 2 rings (SSSR count). The van der Waals surface area contributed by atoms with E-state index in [1.807, 2.05) is 6.92 Å². The molecule has 6 nitrogen and oxygen atoms in total. The summed E-state index contributed by atoms with van der Waals surface area (Å²) in [7, 11) is 0. The molecule has 1 aliphatic rings. The van der Waals surface area contributed by atoms with Crippen LogP contribution in [-0.2, 0) is 4.79 Å². The highest BCUT2D eigenvalue weighted by atomic mass is 16.6. The normalized spacial score (nSPS) is 12.8. The maximum Gasteiger partial charge on any atom is 0.305 e. The van der Waals surface area contributed by atoms with Gasteiger partial charge in [0.25, 0.3) is 5.91 Å². The van der Waals surface area contributed by atoms with Crippen molar-refractivity contribution in [3.63, 3.8) is 0 Å². The van der Waals surface area contributed by atoms with Crippen LogP contribution < -0.4 is 9.47 Å². The van der Waals surface area contributed by atoms with Gasteiger partial charge in [-0.05, 0) is 19.1 Å². The highest BCUT2D eigenvalue weighted by Crippen LogP contribution is 2.34. The van der Waals surface area contributed by atoms with E-state index >= 15 is 0 Å². The molecule has 0 aromatic heterocycles. The molecule has 1 heterocycles. The first-order chi connectivity index (χ1) is 9.63. The van der Waals surface area contributed by atoms with Crippen molar-refractivity contribution >= 4 is 11.9 Å². The molecule has 0 bridgehead atoms. The third-order valence-electron chi connectivity index (χ3n) is 3.06. The van der Waals surface area contributed by atoms with Crippen molar-refractivity contribution in [3.8, 4) is 11.5 Å². The zero-order valence-electron chi connectivity index (χ0n) is 11.3. The molecular formula is C14H17NO5. The fourth-order valence-corrected chi connectivity index (χ4v) is 2.05. The Bertz CT molecular complexity index is 514. The standard InChI is InChI=1S/C14H17NO5/c1-2-15(7-6-12(16)17)14(18)10-4-3-5-11-13(10)20-9-8-19-11/h3-5H,2,6-9H2,1H3,(H,16,17). The number of aliphatic carboxylic acids is 1. The number of rotatable bonds is 5. The third kappa shape index (κ3) is 3.01. The molecule has 1 N–H and O–H groups in total. The van der Waals surface area contributed by atoms with E-state index in [0.717, 1.165) is 0 Å². The van der Waals surface area contributed by atoms with Crippen molar-refractivity contribution < 1.29 is 24.2 Å². The fraction of sp³-hybridized carbons (Fsp3) is 0.429. The summed E-state index contributed by atoms with van der Waals surface area (Å²) in [6.07, 6.45) is -0.0774. The zero-order chi connectivity index (χ0) is 14.5. The summed E-state index contributed by atoms with van der Waals surface area (Å²) in [5.74, 6) is -0.170. The van der Waals surface area contributed by atoms with E-state index in [4.69, 9.17) is 14.6 Å². The van der Waals surface area contributed by atoms with Crippen LogP contribution in [0.3, 0.4) is 0 Å². The Morgan fingerprint density at radius 3 is 2.75 bits per heavy atom. The minimum Gasteiger partial charge on any atom is -0.486 e. The Hall–Kier alpha value is -2.24. The Balaban J connectivity index is 2.21. The van der Waals surface area contributed by atoms with Gasteiger partial charge in [-0.1, -0.05) is 6.07 Å². The number of carbonyl (C=O) groups is 2. The topological polar surface area (TPSA) is 76.1 Å². The molecule has 0 unspecified atom stereocenters. The van der Waals surface area contributed by atoms with Gasteiger partial charge in [-0.25, -0.2) is 0 Å². The summed E-state index contributed by atoms with van der Waals surface area (Å²) in [6.45, 7) is 3.29. The molecule has 108 valence electrons. The van der Waals surface area contributed by atoms with Gasteiger partial charge in [0.2, 0.25) is 0 Å². The van der Waals surface area contributed by atoms with E-state index in [1.165, 1.54) is 4.90 Å². The van der Waals surface area contributed by atoms with Crippen LogP contribution in [0, 0.1) is 0 Å². The lowest BCUT2D eigenvalue weighted by Crippen LogP contribution is -2.33. The van der Waals surface area contributed by atoms with E-state index in [1.54, 1.807) is 18.2 Å². The second-order valence-corrected chi connectivity index (χ2v) is 4.36. The maximum atomic E-state index is 12.5. The Morgan fingerprint density at radius 1 is 1.30 bits per heavy atom. The van der Waals surface area contributed by atoms with Crippen molar-refractivity contribution in [3.05, 3.63) is 23.8 Å². The minimum absolute atomic E-state index is 0.0774. The van der Waals surface area contributed by atoms with Gasteiger partial charge in [0, 0.05) is 13.1 Å². The molecular weight excluding hydrogens is 262 g/mol. The van der Waals surface area contributed by atoms with Gasteiger partial charge in [-0.2, -0.15) is 0 Å². The minimum atomic E-state index is -0.925. The second kappa shape index (κ2) is 6.27. The number of amides is 1. The van der Waals surface area contributed by atoms with Crippen LogP contribution in [0.5, 0.6) is 11.5 Å². The summed E-state index contributed by atoms with van der Waals surface area (Å²) in [5, 5.41) is 8.72. The highest BCUT2D eigenvalue weighted by molar-refractivity contribution is 5.98. The van der Waals surface area contributed by atoms with E-state index in [0.29, 0.717) is 36.8 Å². The monoisotopic (exact) mass is 279 g/mol. The molecule has 0 aliphatic carbocycles. The van der Waals surface area contributed by atoms with Crippen LogP contribution in [-0.4, -0.2) is 48.2 Å². The van der Waals surface area contributed by atoms with Crippen LogP contribution in [0.2, 0.25) is 0 Å². The molecule has 0 fully saturated rings. The number of nitrogens with zero attached hydrogens (tertiary/aromatic N) is 1. The van der Waals surface area contributed by atoms with Crippen LogP contribution in [0.15, 0.2) is 18.2 Å². The SMILES string of the molecule is CCN(CCC(=O)O)C(=O)c1cccc2c1OCCO2. The molecule has 1 amide bonds. The number of carbonyl (C=O) groups excluding carboxylic acids is 1. The van der Waals surface area contributed by atoms with Gasteiger partial charge in [0.05, 0.1) is 12.0 Å². The summed E-state index contributed by atoms with van der Waals surface area (Å²) >= 11 is 0. The molecule has 20 heavy (non-hydrogen) atoms. The van der Waals surface area contributed by atoms with Crippen molar-refractivity contribution in [2.75, 3.05) is 26.3 Å². The number of ether oxygens (including phenoxy) is 2. The summed E-state index contributed by atoms with van der Waals surface area (Å²) in [5.41, 5.74) is 0.412. The lowest BCUT2D eigenvalue weighted by Gasteiger charge is -2.24. The van der Waals surface area contributed by atoms with E-state index in [2.05, 4.69) is 0 Å². The van der Waals surface area contributed by atoms with Crippen molar-refractivity contribution in [1.29, 1.82) is 0 Å². The average Bonchev–Trinajstić information content (AvgIpc) is 2.46. The predicted octanol–water partition coefficient (Wildman–Crippen LogP) is 1.39. The number of para-hydroxylation sites is 1. The Labute approximate surface area is 116 Å². The lowest BCUT2D eigenvalue weighted by atomic mass is 10.1. The maximum absolute atomic E-state index is 12.5. The number of hydrogen-bond donors (Lipinski definition) is 1. The average molecular weight is 279 g/mol. The molecule has 1 aromatic rings. The number of hydrogen-bond acceptors (Lipinski definition) is 4. The first-order valence-corrected chi connectivity index (χ1v) is 6.53. The number of carboxylic acids is 1. The summed E-state index contributed by atoms with van der Waals surface area (Å²) in [4.78, 5) is 24.6. The summed E-state index contributed by atoms with van der Waals surface area (Å²) < 4.78 is 10.9. The molecule has 0 saturated carbocycles. The van der Waals surface area contributed by atoms with Crippen LogP contribution >= 0.6 is 0 Å². The Morgan fingerprint density at radius 2 is 2.05 bits per heavy atom. The molecule has 0 saturated heterocycles. The largest absolute Gasteiger partial charge is 0.486 e. The van der Waals surface area contributed by atoms with Crippen molar-refractivity contribution in [2.24, 2.45) is 0 Å². The number of fused-ring (bicyclic) bond motifs is 1. The second-order valence-electron chi connectivity index (χ2n) is 4.36. The van der Waals surface area contributed by atoms with E-state index in [9.17, 15) is 9.59 Å². The first-order valence-electron chi connectivity index (χ1n) is 6.53. The molecule has 0 spiro atoms. The zero-order valence-corrected chi connectivity index (χ0v) is 11.3. The number of carboxylic acid groups (broad SMARTS) is 1. The number of benzene rings is 1. The fourth-order valence-electron chi connectivity index (χ4n) is 2.05. The van der Waals surface area contributed by atoms with E-state index < -0.39 is 5.97 Å². The van der Waals surface area contributed by atoms with Crippen LogP contribution in [0.4, 0.5) is 0 Å². The molecule has 1 aliphatic heterocycles. The van der Waals surface area contributed by atoms with Gasteiger partial charge in [0.15, 0.2) is 11.5 Å². The lowest BCUT2D eigenvalue weighted by molar-refractivity contribution is -0.137. The van der Waals surface area contributed by atoms with Gasteiger partial charge < -0.3 is 19.5 Å². The van der Waals surface area contributed by atoms with Crippen molar-refractivity contribution in [2.45, 2.75) is 13.3 Å². The Kier molecular flexibility index (Phi) is 4.45. The predicted molar refractivity (Wildman–Crippen MR) is 71.3 cm³/mol. The first kappa shape index (κ1) is 14.2. The van der Waals surface area contributed by atoms with Gasteiger partial charge in [-0.3, -0.25) is 9.59 Å². The van der Waals surface area contributed by atoms with Gasteiger partial charge in [0.1, 0.15) is 13.2 Å². The van der Waals surface area contributed by atoms with E-state index in [-0.39, 0.29) is 18.9 Å². The summed E-state index contributed by atoms with van der Waals surface area (Å²) in [6, 6.07) is 5.14. The van der Waals surface area contributed by atoms with Gasteiger partial charge in [-0.15, -0.1) is 0 Å². The molecule has 0 radical (unpaired) electrons. The smallest absolute Gasteiger partial charge is 0.305 e. The van der Waals surface area contributed by atoms with Crippen molar-refractivity contribution in [1.82, 2.24) is 4.90 Å². The molecule has 6 heteroatoms. The molecule has 0 atom stereocenters. The van der Waals surface area contributed by atoms with Crippen LogP contribution in [0.1, 0.15) is 23.7 Å². The molecule has 1 aromatic carbocycles. The third-order valence-corrected chi connectivity index (χ3v) is 3.06. The quantitative estimate of drug-likeness (QED) is 0.881. The van der Waals surface area contributed by atoms with Crippen LogP contribution in [0.25, 0.3) is 0 Å². The highest BCUT2D eigenvalue weighted by Gasteiger charge is 2.23.